The summed E-state index contributed by atoms with van der Waals surface area (Å²) in [7, 11) is 0. The van der Waals surface area contributed by atoms with Crippen LogP contribution in [0.5, 0.6) is 17.2 Å². The summed E-state index contributed by atoms with van der Waals surface area (Å²) in [5.41, 5.74) is 2.54. The summed E-state index contributed by atoms with van der Waals surface area (Å²) in [5.74, 6) is 0.646. The van der Waals surface area contributed by atoms with Gasteiger partial charge in [-0.3, -0.25) is 0 Å². The molecule has 3 nitrogen and oxygen atoms in total. The maximum atomic E-state index is 9.57. The molecule has 0 aromatic heterocycles. The number of aromatic hydroxyl groups is 3. The first-order valence-electron chi connectivity index (χ1n) is 7.38. The van der Waals surface area contributed by atoms with Gasteiger partial charge in [0.25, 0.3) is 0 Å². The second-order valence-electron chi connectivity index (χ2n) is 5.77. The van der Waals surface area contributed by atoms with Crippen molar-refractivity contribution in [1.82, 2.24) is 0 Å². The van der Waals surface area contributed by atoms with Gasteiger partial charge in [-0.2, -0.15) is 0 Å². The van der Waals surface area contributed by atoms with Crippen molar-refractivity contribution in [2.24, 2.45) is 0 Å². The maximum absolute atomic E-state index is 9.57. The predicted molar refractivity (Wildman–Crippen MR) is 97.0 cm³/mol. The van der Waals surface area contributed by atoms with E-state index in [2.05, 4.69) is 6.92 Å². The summed E-state index contributed by atoms with van der Waals surface area (Å²) in [4.78, 5) is 0. The van der Waals surface area contributed by atoms with E-state index in [0.717, 1.165) is 16.7 Å². The minimum atomic E-state index is -0.477. The molecule has 3 aromatic carbocycles. The number of benzene rings is 3. The van der Waals surface area contributed by atoms with E-state index >= 15 is 0 Å². The first-order chi connectivity index (χ1) is 11.0. The molecule has 0 fully saturated rings. The molecule has 0 aliphatic rings. The Morgan fingerprint density at radius 3 is 0.917 bits per heavy atom. The molecular formula is C20H19KO3. The Balaban J connectivity index is 0.00000208. The first-order valence-corrected chi connectivity index (χ1v) is 7.38. The van der Waals surface area contributed by atoms with Gasteiger partial charge in [-0.05, 0) is 60.0 Å². The van der Waals surface area contributed by atoms with Gasteiger partial charge in [-0.15, -0.1) is 0 Å². The van der Waals surface area contributed by atoms with Crippen LogP contribution in [0.1, 0.15) is 23.6 Å². The van der Waals surface area contributed by atoms with Gasteiger partial charge < -0.3 is 15.3 Å². The van der Waals surface area contributed by atoms with E-state index in [9.17, 15) is 15.3 Å². The molecule has 4 heteroatoms. The quantitative estimate of drug-likeness (QED) is 0.502. The summed E-state index contributed by atoms with van der Waals surface area (Å²) in [6.45, 7) is 2.08. The van der Waals surface area contributed by atoms with Gasteiger partial charge in [-0.1, -0.05) is 36.4 Å². The summed E-state index contributed by atoms with van der Waals surface area (Å²) in [5, 5.41) is 28.7. The van der Waals surface area contributed by atoms with Crippen LogP contribution >= 0.6 is 0 Å². The van der Waals surface area contributed by atoms with E-state index in [1.807, 2.05) is 36.4 Å². The van der Waals surface area contributed by atoms with Crippen molar-refractivity contribution >= 4 is 51.4 Å². The van der Waals surface area contributed by atoms with E-state index in [1.54, 1.807) is 36.4 Å². The molecule has 0 atom stereocenters. The van der Waals surface area contributed by atoms with Gasteiger partial charge in [0.05, 0.1) is 0 Å². The number of hydrogen-bond acceptors (Lipinski definition) is 3. The molecule has 3 aromatic rings. The third kappa shape index (κ3) is 3.68. The van der Waals surface area contributed by atoms with Crippen LogP contribution in [-0.2, 0) is 5.41 Å². The standard InChI is InChI=1S/C20H18O3.K.H/c1-20(14-2-8-17(21)9-3-14,15-4-10-18(22)11-5-15)16-6-12-19(23)13-7-16;;/h2-13,21-23H,1H3;;. The number of phenolic OH excluding ortho intramolecular Hbond substituents is 3. The van der Waals surface area contributed by atoms with Crippen molar-refractivity contribution in [2.45, 2.75) is 12.3 Å². The molecule has 0 unspecified atom stereocenters. The molecule has 0 saturated carbocycles. The Morgan fingerprint density at radius 2 is 0.708 bits per heavy atom. The Labute approximate surface area is 184 Å². The average molecular weight is 346 g/mol. The summed E-state index contributed by atoms with van der Waals surface area (Å²) < 4.78 is 0. The molecule has 3 N–H and O–H groups in total. The fourth-order valence-corrected chi connectivity index (χ4v) is 2.88. The van der Waals surface area contributed by atoms with Crippen molar-refractivity contribution in [3.05, 3.63) is 89.5 Å². The van der Waals surface area contributed by atoms with Gasteiger partial charge in [0.15, 0.2) is 0 Å². The second kappa shape index (κ2) is 7.72. The molecule has 0 radical (unpaired) electrons. The van der Waals surface area contributed by atoms with Crippen LogP contribution in [-0.4, -0.2) is 66.7 Å². The van der Waals surface area contributed by atoms with Crippen LogP contribution in [0.4, 0.5) is 0 Å². The van der Waals surface area contributed by atoms with Crippen LogP contribution in [0.3, 0.4) is 0 Å². The zero-order valence-corrected chi connectivity index (χ0v) is 12.8. The molecule has 3 rings (SSSR count). The van der Waals surface area contributed by atoms with Crippen molar-refractivity contribution < 1.29 is 15.3 Å². The molecule has 0 heterocycles. The van der Waals surface area contributed by atoms with Crippen LogP contribution in [0.2, 0.25) is 0 Å². The molecule has 0 aliphatic heterocycles. The van der Waals surface area contributed by atoms with Crippen molar-refractivity contribution in [3.8, 4) is 17.2 Å². The van der Waals surface area contributed by atoms with E-state index in [0.29, 0.717) is 0 Å². The molecule has 0 saturated heterocycles. The van der Waals surface area contributed by atoms with E-state index < -0.39 is 5.41 Å². The van der Waals surface area contributed by atoms with Crippen LogP contribution in [0, 0.1) is 0 Å². The van der Waals surface area contributed by atoms with Gasteiger partial charge >= 0.3 is 51.4 Å². The van der Waals surface area contributed by atoms with E-state index in [-0.39, 0.29) is 68.6 Å². The number of phenols is 3. The summed E-state index contributed by atoms with van der Waals surface area (Å²) >= 11 is 0. The minimum absolute atomic E-state index is 0. The van der Waals surface area contributed by atoms with Gasteiger partial charge in [0.2, 0.25) is 0 Å². The Morgan fingerprint density at radius 1 is 0.500 bits per heavy atom. The molecule has 118 valence electrons. The van der Waals surface area contributed by atoms with Gasteiger partial charge in [-0.25, -0.2) is 0 Å². The second-order valence-corrected chi connectivity index (χ2v) is 5.77. The third-order valence-corrected chi connectivity index (χ3v) is 4.33. The van der Waals surface area contributed by atoms with Crippen LogP contribution in [0.15, 0.2) is 72.8 Å². The number of hydrogen-bond donors (Lipinski definition) is 3. The van der Waals surface area contributed by atoms with Crippen LogP contribution in [0.25, 0.3) is 0 Å². The fourth-order valence-electron chi connectivity index (χ4n) is 2.88. The molecule has 0 bridgehead atoms. The molecule has 24 heavy (non-hydrogen) atoms. The third-order valence-electron chi connectivity index (χ3n) is 4.33. The number of rotatable bonds is 3. The zero-order valence-electron chi connectivity index (χ0n) is 12.8. The Bertz CT molecular complexity index is 683. The zero-order chi connectivity index (χ0) is 16.4. The van der Waals surface area contributed by atoms with Gasteiger partial charge in [0, 0.05) is 5.41 Å². The molecular weight excluding hydrogens is 327 g/mol. The summed E-state index contributed by atoms with van der Waals surface area (Å²) in [6, 6.07) is 21.3. The van der Waals surface area contributed by atoms with Crippen LogP contribution < -0.4 is 0 Å². The average Bonchev–Trinajstić information content (AvgIpc) is 2.56. The SMILES string of the molecule is CC(c1ccc(O)cc1)(c1ccc(O)cc1)c1ccc(O)cc1.[KH]. The van der Waals surface area contributed by atoms with Crippen molar-refractivity contribution in [2.75, 3.05) is 0 Å². The molecule has 0 aliphatic carbocycles. The van der Waals surface area contributed by atoms with Gasteiger partial charge in [0.1, 0.15) is 17.2 Å². The molecule has 0 spiro atoms. The van der Waals surface area contributed by atoms with E-state index in [4.69, 9.17) is 0 Å². The normalized spacial score (nSPS) is 10.9. The summed E-state index contributed by atoms with van der Waals surface area (Å²) in [6.07, 6.45) is 0. The molecule has 0 amide bonds. The monoisotopic (exact) mass is 346 g/mol. The Kier molecular flexibility index (Phi) is 6.12. The predicted octanol–water partition coefficient (Wildman–Crippen LogP) is 3.51. The van der Waals surface area contributed by atoms with Crippen molar-refractivity contribution in [3.63, 3.8) is 0 Å². The fraction of sp³-hybridized carbons (Fsp3) is 0.100. The first kappa shape index (κ1) is 19.0. The topological polar surface area (TPSA) is 60.7 Å². The van der Waals surface area contributed by atoms with E-state index in [1.165, 1.54) is 0 Å². The Hall–Kier alpha value is -1.30. The van der Waals surface area contributed by atoms with Crippen molar-refractivity contribution in [1.29, 1.82) is 0 Å².